The van der Waals surface area contributed by atoms with Crippen molar-refractivity contribution in [3.63, 3.8) is 0 Å². The number of fused-ring (bicyclic) bond motifs is 1. The Morgan fingerprint density at radius 1 is 0.865 bits per heavy atom. The molecule has 2 atom stereocenters. The Morgan fingerprint density at radius 3 is 2.27 bits per heavy atom. The third-order valence-corrected chi connectivity index (χ3v) is 7.57. The first-order valence-electron chi connectivity index (χ1n) is 12.7. The summed E-state index contributed by atoms with van der Waals surface area (Å²) in [6.07, 6.45) is 2.76. The van der Waals surface area contributed by atoms with Crippen LogP contribution in [0.15, 0.2) is 90.1 Å². The van der Waals surface area contributed by atoms with Gasteiger partial charge in [-0.25, -0.2) is 4.79 Å². The van der Waals surface area contributed by atoms with Crippen LogP contribution in [0.3, 0.4) is 0 Å². The molecule has 3 aromatic rings. The van der Waals surface area contributed by atoms with E-state index in [0.717, 1.165) is 41.0 Å². The number of hydrogen-bond donors (Lipinski definition) is 1. The molecule has 0 saturated heterocycles. The summed E-state index contributed by atoms with van der Waals surface area (Å²) in [6, 6.07) is 24.4. The average Bonchev–Trinajstić information content (AvgIpc) is 3.79. The first-order chi connectivity index (χ1) is 18.0. The van der Waals surface area contributed by atoms with Gasteiger partial charge >= 0.3 is 5.97 Å². The number of carbonyl (C=O) groups is 3. The number of nitrogens with zero attached hydrogens (tertiary/aromatic N) is 1. The maximum atomic E-state index is 14.0. The van der Waals surface area contributed by atoms with Crippen LogP contribution in [0, 0.1) is 5.92 Å². The highest BCUT2D eigenvalue weighted by molar-refractivity contribution is 6.07. The van der Waals surface area contributed by atoms with Crippen LogP contribution in [0.5, 0.6) is 0 Å². The molecule has 2 aliphatic carbocycles. The number of ketones is 1. The average molecular weight is 493 g/mol. The van der Waals surface area contributed by atoms with Gasteiger partial charge in [0.25, 0.3) is 0 Å². The highest BCUT2D eigenvalue weighted by atomic mass is 16.5. The molecule has 37 heavy (non-hydrogen) atoms. The first kappa shape index (κ1) is 23.2. The second-order valence-electron chi connectivity index (χ2n) is 9.97. The number of para-hydroxylation sites is 2. The molecular weight excluding hydrogens is 464 g/mol. The Labute approximate surface area is 215 Å². The molecule has 1 heterocycles. The van der Waals surface area contributed by atoms with Crippen LogP contribution in [-0.2, 0) is 14.3 Å². The molecule has 1 aliphatic heterocycles. The van der Waals surface area contributed by atoms with Crippen molar-refractivity contribution in [1.29, 1.82) is 0 Å². The number of amides is 1. The van der Waals surface area contributed by atoms with Gasteiger partial charge in [0.2, 0.25) is 5.91 Å². The van der Waals surface area contributed by atoms with Gasteiger partial charge in [0.1, 0.15) is 0 Å². The molecule has 6 nitrogen and oxygen atoms in total. The van der Waals surface area contributed by atoms with Crippen molar-refractivity contribution in [2.75, 3.05) is 17.3 Å². The van der Waals surface area contributed by atoms with Gasteiger partial charge in [-0.1, -0.05) is 54.6 Å². The molecule has 1 fully saturated rings. The summed E-state index contributed by atoms with van der Waals surface area (Å²) in [6.45, 7) is 0. The van der Waals surface area contributed by atoms with E-state index < -0.39 is 12.0 Å². The SMILES string of the molecule is COC(=O)c1ccc([C@@H]2C3=C(C[C@@H](c4ccccc4)CC3=O)Nc3ccccc3N2C(=O)C2CC2)cc1. The van der Waals surface area contributed by atoms with E-state index >= 15 is 0 Å². The maximum Gasteiger partial charge on any atom is 0.337 e. The molecule has 0 spiro atoms. The molecule has 1 N–H and O–H groups in total. The summed E-state index contributed by atoms with van der Waals surface area (Å²) in [4.78, 5) is 41.7. The smallest absolute Gasteiger partial charge is 0.337 e. The Balaban J connectivity index is 1.52. The molecule has 0 aromatic heterocycles. The largest absolute Gasteiger partial charge is 0.465 e. The quantitative estimate of drug-likeness (QED) is 0.467. The maximum absolute atomic E-state index is 14.0. The first-order valence-corrected chi connectivity index (χ1v) is 12.7. The van der Waals surface area contributed by atoms with Crippen molar-refractivity contribution in [1.82, 2.24) is 0 Å². The molecule has 1 amide bonds. The van der Waals surface area contributed by atoms with Gasteiger partial charge in [0, 0.05) is 23.6 Å². The molecule has 0 bridgehead atoms. The highest BCUT2D eigenvalue weighted by Crippen LogP contribution is 2.49. The van der Waals surface area contributed by atoms with Crippen LogP contribution >= 0.6 is 0 Å². The van der Waals surface area contributed by atoms with Crippen LogP contribution in [0.2, 0.25) is 0 Å². The summed E-state index contributed by atoms with van der Waals surface area (Å²) >= 11 is 0. The zero-order valence-electron chi connectivity index (χ0n) is 20.6. The minimum atomic E-state index is -0.588. The topological polar surface area (TPSA) is 75.7 Å². The Morgan fingerprint density at radius 2 is 1.57 bits per heavy atom. The minimum Gasteiger partial charge on any atom is -0.465 e. The predicted octanol–water partition coefficient (Wildman–Crippen LogP) is 5.78. The fourth-order valence-electron chi connectivity index (χ4n) is 5.56. The molecule has 3 aromatic carbocycles. The normalized spacial score (nSPS) is 20.9. The van der Waals surface area contributed by atoms with Gasteiger partial charge in [-0.2, -0.15) is 0 Å². The van der Waals surface area contributed by atoms with Crippen LogP contribution in [0.4, 0.5) is 11.4 Å². The van der Waals surface area contributed by atoms with Crippen LogP contribution in [0.25, 0.3) is 0 Å². The number of methoxy groups -OCH3 is 1. The summed E-state index contributed by atoms with van der Waals surface area (Å²) in [5.74, 6) is -0.346. The third kappa shape index (κ3) is 4.22. The van der Waals surface area contributed by atoms with E-state index in [1.54, 1.807) is 12.1 Å². The molecule has 6 rings (SSSR count). The molecule has 1 saturated carbocycles. The van der Waals surface area contributed by atoms with E-state index in [9.17, 15) is 14.4 Å². The molecule has 3 aliphatic rings. The van der Waals surface area contributed by atoms with Crippen molar-refractivity contribution in [2.24, 2.45) is 5.92 Å². The standard InChI is InChI=1S/C31H28N2O4/c1-37-31(36)22-15-11-20(12-16-22)29-28-25(17-23(18-27(28)34)19-7-3-2-4-8-19)32-24-9-5-6-10-26(24)33(29)30(35)21-13-14-21/h2-12,15-16,21,23,29,32H,13-14,17-18H2,1H3/t23-,29-/m1/s1. The van der Waals surface area contributed by atoms with Gasteiger partial charge in [-0.3, -0.25) is 14.5 Å². The lowest BCUT2D eigenvalue weighted by Gasteiger charge is -2.35. The second kappa shape index (κ2) is 9.36. The summed E-state index contributed by atoms with van der Waals surface area (Å²) in [5, 5.41) is 3.57. The fourth-order valence-corrected chi connectivity index (χ4v) is 5.56. The zero-order valence-corrected chi connectivity index (χ0v) is 20.6. The lowest BCUT2D eigenvalue weighted by molar-refractivity contribution is -0.120. The number of carbonyl (C=O) groups excluding carboxylic acids is 3. The van der Waals surface area contributed by atoms with E-state index in [-0.39, 0.29) is 23.5 Å². The van der Waals surface area contributed by atoms with Crippen LogP contribution in [-0.4, -0.2) is 24.8 Å². The molecule has 0 unspecified atom stereocenters. The van der Waals surface area contributed by atoms with E-state index in [0.29, 0.717) is 24.0 Å². The number of ether oxygens (including phenoxy) is 1. The molecule has 0 radical (unpaired) electrons. The van der Waals surface area contributed by atoms with Crippen LogP contribution < -0.4 is 10.2 Å². The Kier molecular flexibility index (Phi) is 5.87. The number of rotatable bonds is 4. The number of esters is 1. The fraction of sp³-hybridized carbons (Fsp3) is 0.258. The van der Waals surface area contributed by atoms with Crippen molar-refractivity contribution in [3.8, 4) is 0 Å². The number of anilines is 2. The number of nitrogens with one attached hydrogen (secondary N) is 1. The van der Waals surface area contributed by atoms with E-state index in [2.05, 4.69) is 17.4 Å². The summed E-state index contributed by atoms with van der Waals surface area (Å²) in [5.41, 5.74) is 5.41. The number of benzene rings is 3. The van der Waals surface area contributed by atoms with E-state index in [1.807, 2.05) is 59.5 Å². The van der Waals surface area contributed by atoms with Crippen LogP contribution in [0.1, 0.15) is 59.1 Å². The second-order valence-corrected chi connectivity index (χ2v) is 9.97. The summed E-state index contributed by atoms with van der Waals surface area (Å²) in [7, 11) is 1.35. The lowest BCUT2D eigenvalue weighted by Crippen LogP contribution is -2.39. The van der Waals surface area contributed by atoms with Crippen molar-refractivity contribution in [3.05, 3.63) is 107 Å². The number of hydrogen-bond acceptors (Lipinski definition) is 5. The van der Waals surface area contributed by atoms with Crippen molar-refractivity contribution < 1.29 is 19.1 Å². The Hall–Kier alpha value is -4.19. The summed E-state index contributed by atoms with van der Waals surface area (Å²) < 4.78 is 4.87. The van der Waals surface area contributed by atoms with Gasteiger partial charge < -0.3 is 10.1 Å². The molecule has 186 valence electrons. The minimum absolute atomic E-state index is 0.0306. The predicted molar refractivity (Wildman–Crippen MR) is 141 cm³/mol. The zero-order chi connectivity index (χ0) is 25.5. The number of allylic oxidation sites excluding steroid dienone is 1. The lowest BCUT2D eigenvalue weighted by atomic mass is 9.78. The number of Topliss-reactive ketones (excluding diaryl/α,β-unsaturated/α-hetero) is 1. The monoisotopic (exact) mass is 492 g/mol. The van der Waals surface area contributed by atoms with Gasteiger partial charge in [0.15, 0.2) is 5.78 Å². The van der Waals surface area contributed by atoms with E-state index in [1.165, 1.54) is 7.11 Å². The van der Waals surface area contributed by atoms with Crippen molar-refractivity contribution in [2.45, 2.75) is 37.6 Å². The van der Waals surface area contributed by atoms with Gasteiger partial charge in [-0.15, -0.1) is 0 Å². The van der Waals surface area contributed by atoms with Crippen molar-refractivity contribution >= 4 is 29.0 Å². The molecular formula is C31H28N2O4. The van der Waals surface area contributed by atoms with Gasteiger partial charge in [0.05, 0.1) is 30.1 Å². The van der Waals surface area contributed by atoms with E-state index in [4.69, 9.17) is 4.74 Å². The Bertz CT molecular complexity index is 1410. The highest BCUT2D eigenvalue weighted by Gasteiger charge is 2.45. The molecule has 6 heteroatoms. The van der Waals surface area contributed by atoms with Gasteiger partial charge in [-0.05, 0) is 60.6 Å². The third-order valence-electron chi connectivity index (χ3n) is 7.57.